The van der Waals surface area contributed by atoms with Crippen LogP contribution in [0.1, 0.15) is 31.2 Å². The van der Waals surface area contributed by atoms with Gasteiger partial charge in [0.2, 0.25) is 11.9 Å². The highest BCUT2D eigenvalue weighted by molar-refractivity contribution is 5.58. The number of nitrogen functional groups attached to an aromatic ring is 1. The molecular weight excluding hydrogens is 288 g/mol. The minimum atomic E-state index is 0.274. The standard InChI is InChI=1S/C17H24N6/c1-12-7-9-23(10-8-12)11-15-20-16(18)22-17(21-15)19-14-6-4-3-5-13(14)2/h3-6,12H,7-11H2,1-2H3,(H3,18,19,20,21,22)/p+1. The van der Waals surface area contributed by atoms with Gasteiger partial charge in [-0.2, -0.15) is 15.0 Å². The summed E-state index contributed by atoms with van der Waals surface area (Å²) in [6.45, 7) is 7.53. The molecule has 1 saturated heterocycles. The second-order valence-corrected chi connectivity index (χ2v) is 6.48. The van der Waals surface area contributed by atoms with Gasteiger partial charge in [0.05, 0.1) is 13.1 Å². The first kappa shape index (κ1) is 15.7. The molecule has 1 aliphatic heterocycles. The van der Waals surface area contributed by atoms with Gasteiger partial charge >= 0.3 is 0 Å². The average molecular weight is 313 g/mol. The van der Waals surface area contributed by atoms with Crippen LogP contribution in [-0.4, -0.2) is 28.0 Å². The first-order valence-electron chi connectivity index (χ1n) is 8.27. The van der Waals surface area contributed by atoms with Crippen molar-refractivity contribution in [1.29, 1.82) is 0 Å². The van der Waals surface area contributed by atoms with Crippen molar-refractivity contribution >= 4 is 17.6 Å². The number of quaternary nitrogens is 1. The van der Waals surface area contributed by atoms with Crippen molar-refractivity contribution in [3.05, 3.63) is 35.7 Å². The van der Waals surface area contributed by atoms with E-state index in [9.17, 15) is 0 Å². The van der Waals surface area contributed by atoms with E-state index in [0.717, 1.165) is 29.5 Å². The molecule has 0 radical (unpaired) electrons. The largest absolute Gasteiger partial charge is 0.368 e. The zero-order valence-electron chi connectivity index (χ0n) is 13.8. The molecule has 0 aliphatic carbocycles. The summed E-state index contributed by atoms with van der Waals surface area (Å²) in [5.41, 5.74) is 8.00. The average Bonchev–Trinajstić information content (AvgIpc) is 2.51. The van der Waals surface area contributed by atoms with Crippen molar-refractivity contribution in [2.45, 2.75) is 33.2 Å². The highest BCUT2D eigenvalue weighted by Gasteiger charge is 2.20. The van der Waals surface area contributed by atoms with E-state index in [-0.39, 0.29) is 5.95 Å². The third-order valence-corrected chi connectivity index (χ3v) is 4.48. The molecule has 1 aliphatic rings. The topological polar surface area (TPSA) is 81.2 Å². The number of aryl methyl sites for hydroxylation is 1. The molecule has 0 amide bonds. The molecule has 1 fully saturated rings. The molecular formula is C17H25N6+. The molecule has 2 aromatic rings. The predicted octanol–water partition coefficient (Wildman–Crippen LogP) is 1.32. The van der Waals surface area contributed by atoms with Crippen LogP contribution in [0, 0.1) is 12.8 Å². The summed E-state index contributed by atoms with van der Waals surface area (Å²) in [5, 5.41) is 3.25. The van der Waals surface area contributed by atoms with Crippen LogP contribution in [0.25, 0.3) is 0 Å². The second kappa shape index (κ2) is 6.91. The van der Waals surface area contributed by atoms with E-state index >= 15 is 0 Å². The molecule has 6 nitrogen and oxygen atoms in total. The Labute approximate surface area is 137 Å². The van der Waals surface area contributed by atoms with E-state index in [0.29, 0.717) is 5.95 Å². The first-order valence-corrected chi connectivity index (χ1v) is 8.27. The maximum Gasteiger partial charge on any atom is 0.232 e. The van der Waals surface area contributed by atoms with E-state index in [1.165, 1.54) is 30.8 Å². The molecule has 3 rings (SSSR count). The van der Waals surface area contributed by atoms with Crippen LogP contribution in [0.3, 0.4) is 0 Å². The number of hydrogen-bond donors (Lipinski definition) is 3. The van der Waals surface area contributed by atoms with Gasteiger partial charge in [-0.25, -0.2) is 0 Å². The number of para-hydroxylation sites is 1. The lowest BCUT2D eigenvalue weighted by Crippen LogP contribution is -3.11. The molecule has 0 bridgehead atoms. The van der Waals surface area contributed by atoms with Crippen LogP contribution in [0.5, 0.6) is 0 Å². The number of benzene rings is 1. The van der Waals surface area contributed by atoms with Gasteiger partial charge < -0.3 is 16.0 Å². The summed E-state index contributed by atoms with van der Waals surface area (Å²) < 4.78 is 0. The Kier molecular flexibility index (Phi) is 4.71. The number of hydrogen-bond acceptors (Lipinski definition) is 5. The van der Waals surface area contributed by atoms with Crippen molar-refractivity contribution in [3.8, 4) is 0 Å². The molecule has 4 N–H and O–H groups in total. The highest BCUT2D eigenvalue weighted by Crippen LogP contribution is 2.17. The van der Waals surface area contributed by atoms with E-state index in [1.807, 2.05) is 31.2 Å². The summed E-state index contributed by atoms with van der Waals surface area (Å²) in [7, 11) is 0. The van der Waals surface area contributed by atoms with Crippen LogP contribution in [0.4, 0.5) is 17.6 Å². The van der Waals surface area contributed by atoms with Crippen LogP contribution in [0.2, 0.25) is 0 Å². The van der Waals surface area contributed by atoms with Crippen molar-refractivity contribution in [2.75, 3.05) is 24.1 Å². The van der Waals surface area contributed by atoms with E-state index < -0.39 is 0 Å². The molecule has 2 heterocycles. The van der Waals surface area contributed by atoms with Crippen LogP contribution < -0.4 is 16.0 Å². The lowest BCUT2D eigenvalue weighted by molar-refractivity contribution is -0.920. The Balaban J connectivity index is 1.73. The monoisotopic (exact) mass is 313 g/mol. The van der Waals surface area contributed by atoms with Gasteiger partial charge in [0, 0.05) is 5.69 Å². The Morgan fingerprint density at radius 2 is 1.91 bits per heavy atom. The Morgan fingerprint density at radius 1 is 1.17 bits per heavy atom. The van der Waals surface area contributed by atoms with Gasteiger partial charge in [-0.15, -0.1) is 0 Å². The fourth-order valence-electron chi connectivity index (χ4n) is 2.98. The van der Waals surface area contributed by atoms with Crippen molar-refractivity contribution in [3.63, 3.8) is 0 Å². The number of aromatic nitrogens is 3. The van der Waals surface area contributed by atoms with Crippen LogP contribution in [-0.2, 0) is 6.54 Å². The summed E-state index contributed by atoms with van der Waals surface area (Å²) >= 11 is 0. The number of nitrogens with one attached hydrogen (secondary N) is 2. The van der Waals surface area contributed by atoms with E-state index in [4.69, 9.17) is 5.73 Å². The number of rotatable bonds is 4. The molecule has 23 heavy (non-hydrogen) atoms. The van der Waals surface area contributed by atoms with Crippen LogP contribution in [0.15, 0.2) is 24.3 Å². The van der Waals surface area contributed by atoms with E-state index in [1.54, 1.807) is 0 Å². The van der Waals surface area contributed by atoms with Gasteiger partial charge in [0.15, 0.2) is 5.82 Å². The molecule has 1 aromatic heterocycles. The number of likely N-dealkylation sites (tertiary alicyclic amines) is 1. The zero-order chi connectivity index (χ0) is 16.2. The van der Waals surface area contributed by atoms with Gasteiger partial charge in [-0.05, 0) is 37.3 Å². The van der Waals surface area contributed by atoms with E-state index in [2.05, 4.69) is 27.2 Å². The zero-order valence-corrected chi connectivity index (χ0v) is 13.8. The molecule has 1 aromatic carbocycles. The second-order valence-electron chi connectivity index (χ2n) is 6.48. The summed E-state index contributed by atoms with van der Waals surface area (Å²) in [6, 6.07) is 8.05. The van der Waals surface area contributed by atoms with Gasteiger partial charge in [0.1, 0.15) is 6.54 Å². The van der Waals surface area contributed by atoms with Gasteiger partial charge in [0.25, 0.3) is 0 Å². The summed E-state index contributed by atoms with van der Waals surface area (Å²) in [5.74, 6) is 2.39. The lowest BCUT2D eigenvalue weighted by atomic mass is 9.99. The Morgan fingerprint density at radius 3 is 2.65 bits per heavy atom. The third-order valence-electron chi connectivity index (χ3n) is 4.48. The van der Waals surface area contributed by atoms with Gasteiger partial charge in [-0.3, -0.25) is 0 Å². The lowest BCUT2D eigenvalue weighted by Gasteiger charge is -2.26. The molecule has 0 saturated carbocycles. The summed E-state index contributed by atoms with van der Waals surface area (Å²) in [4.78, 5) is 14.6. The fourth-order valence-corrected chi connectivity index (χ4v) is 2.98. The van der Waals surface area contributed by atoms with Gasteiger partial charge in [-0.1, -0.05) is 25.1 Å². The first-order chi connectivity index (χ1) is 11.1. The highest BCUT2D eigenvalue weighted by atomic mass is 15.2. The normalized spacial score (nSPS) is 21.1. The smallest absolute Gasteiger partial charge is 0.232 e. The molecule has 0 spiro atoms. The fraction of sp³-hybridized carbons (Fsp3) is 0.471. The molecule has 0 atom stereocenters. The minimum absolute atomic E-state index is 0.274. The number of nitrogens with zero attached hydrogens (tertiary/aromatic N) is 3. The Bertz CT molecular complexity index is 664. The maximum atomic E-state index is 5.87. The van der Waals surface area contributed by atoms with Crippen molar-refractivity contribution in [2.24, 2.45) is 5.92 Å². The van der Waals surface area contributed by atoms with Crippen molar-refractivity contribution < 1.29 is 4.90 Å². The third kappa shape index (κ3) is 4.16. The predicted molar refractivity (Wildman–Crippen MR) is 91.5 cm³/mol. The minimum Gasteiger partial charge on any atom is -0.368 e. The Hall–Kier alpha value is -2.21. The SMILES string of the molecule is Cc1ccccc1Nc1nc(N)nc(C[NH+]2CCC(C)CC2)n1. The number of piperidine rings is 1. The number of anilines is 3. The molecule has 0 unspecified atom stereocenters. The van der Waals surface area contributed by atoms with Crippen LogP contribution >= 0.6 is 0 Å². The van der Waals surface area contributed by atoms with Crippen molar-refractivity contribution in [1.82, 2.24) is 15.0 Å². The molecule has 122 valence electrons. The maximum absolute atomic E-state index is 5.87. The molecule has 6 heteroatoms. The number of nitrogens with two attached hydrogens (primary N) is 1. The quantitative estimate of drug-likeness (QED) is 0.793. The summed E-state index contributed by atoms with van der Waals surface area (Å²) in [6.07, 6.45) is 2.54.